The van der Waals surface area contributed by atoms with Crippen LogP contribution < -0.4 is 0 Å². The van der Waals surface area contributed by atoms with Crippen molar-refractivity contribution in [2.75, 3.05) is 0 Å². The molecule has 1 aromatic heterocycles. The third-order valence-electron chi connectivity index (χ3n) is 11.6. The van der Waals surface area contributed by atoms with E-state index in [1.807, 2.05) is 17.4 Å². The fourth-order valence-electron chi connectivity index (χ4n) is 8.54. The first-order valence-electron chi connectivity index (χ1n) is 21.5. The zero-order chi connectivity index (χ0) is 43.0. The number of rotatable bonds is 12. The summed E-state index contributed by atoms with van der Waals surface area (Å²) in [6, 6.07) is 71.8. The molecule has 0 N–H and O–H groups in total. The smallest absolute Gasteiger partial charge is 0.0349 e. The number of hydrogen-bond donors (Lipinski definition) is 0. The standard InChI is InChI=1S/C62H48S/c1-4-22-59(58(5-2)44(3)52-38-53(45-23-11-6-12-24-45)40-54(39-52)46-25-13-7-14-26-46)62(51-34-21-33-50(37-51)61-36-35-60(63-61)49-31-19-10-20-32-49)57-42-55(47-27-15-8-16-28-47)41-56(43-57)48-29-17-9-18-30-48/h4-33,35-43H,1,3,34H2,2H3/b58-5-,59-22+,62-51+. The largest absolute Gasteiger partial charge is 0.135 e. The highest BCUT2D eigenvalue weighted by Gasteiger charge is 2.23. The van der Waals surface area contributed by atoms with E-state index >= 15 is 0 Å². The summed E-state index contributed by atoms with van der Waals surface area (Å²) in [5.41, 5.74) is 19.4. The Hall–Kier alpha value is -7.58. The van der Waals surface area contributed by atoms with Crippen molar-refractivity contribution in [3.8, 4) is 54.9 Å². The van der Waals surface area contributed by atoms with E-state index in [-0.39, 0.29) is 0 Å². The lowest BCUT2D eigenvalue weighted by Gasteiger charge is -2.24. The van der Waals surface area contributed by atoms with Gasteiger partial charge >= 0.3 is 0 Å². The van der Waals surface area contributed by atoms with Gasteiger partial charge in [0.25, 0.3) is 0 Å². The summed E-state index contributed by atoms with van der Waals surface area (Å²) in [5.74, 6) is 0. The maximum Gasteiger partial charge on any atom is 0.0349 e. The van der Waals surface area contributed by atoms with Gasteiger partial charge in [-0.25, -0.2) is 0 Å². The Bertz CT molecular complexity index is 2950. The van der Waals surface area contributed by atoms with Gasteiger partial charge in [-0.3, -0.25) is 0 Å². The lowest BCUT2D eigenvalue weighted by molar-refractivity contribution is 1.26. The predicted octanol–water partition coefficient (Wildman–Crippen LogP) is 17.7. The molecule has 1 heterocycles. The van der Waals surface area contributed by atoms with Crippen molar-refractivity contribution < 1.29 is 0 Å². The Kier molecular flexibility index (Phi) is 12.3. The van der Waals surface area contributed by atoms with Gasteiger partial charge in [0.05, 0.1) is 0 Å². The Balaban J connectivity index is 1.26. The molecule has 0 bridgehead atoms. The minimum absolute atomic E-state index is 0.769. The minimum atomic E-state index is 0.769. The molecule has 0 saturated heterocycles. The SMILES string of the molecule is C=C/C=C(C(=C/C)\C(=C)c1cc(-c2ccccc2)cc(-c2ccccc2)c1)/C(=C1/C=C(c2ccc(-c3ccccc3)s2)C=CC1)c1cc(-c2ccccc2)cc(-c2ccccc2)c1. The second-order valence-electron chi connectivity index (χ2n) is 15.7. The highest BCUT2D eigenvalue weighted by molar-refractivity contribution is 7.16. The highest BCUT2D eigenvalue weighted by atomic mass is 32.1. The average molecular weight is 825 g/mol. The summed E-state index contributed by atoms with van der Waals surface area (Å²) in [4.78, 5) is 2.49. The van der Waals surface area contributed by atoms with Crippen LogP contribution in [0.1, 0.15) is 29.3 Å². The first-order chi connectivity index (χ1) is 31.1. The van der Waals surface area contributed by atoms with Crippen LogP contribution in [0.5, 0.6) is 0 Å². The van der Waals surface area contributed by atoms with E-state index in [0.717, 1.165) is 73.2 Å². The van der Waals surface area contributed by atoms with Crippen LogP contribution in [-0.4, -0.2) is 0 Å². The van der Waals surface area contributed by atoms with Gasteiger partial charge in [0.2, 0.25) is 0 Å². The van der Waals surface area contributed by atoms with E-state index in [4.69, 9.17) is 6.58 Å². The van der Waals surface area contributed by atoms with Crippen LogP contribution in [0.3, 0.4) is 0 Å². The van der Waals surface area contributed by atoms with Crippen molar-refractivity contribution in [3.05, 3.63) is 283 Å². The van der Waals surface area contributed by atoms with Crippen LogP contribution in [-0.2, 0) is 0 Å². The Morgan fingerprint density at radius 1 is 0.476 bits per heavy atom. The van der Waals surface area contributed by atoms with Gasteiger partial charge in [-0.1, -0.05) is 195 Å². The maximum absolute atomic E-state index is 4.92. The van der Waals surface area contributed by atoms with E-state index in [1.54, 1.807) is 0 Å². The van der Waals surface area contributed by atoms with Crippen LogP contribution >= 0.6 is 11.3 Å². The monoisotopic (exact) mass is 824 g/mol. The third kappa shape index (κ3) is 9.07. The van der Waals surface area contributed by atoms with Crippen molar-refractivity contribution in [2.24, 2.45) is 0 Å². The summed E-state index contributed by atoms with van der Waals surface area (Å²) in [6.07, 6.45) is 14.1. The molecular weight excluding hydrogens is 777 g/mol. The number of thiophene rings is 1. The molecule has 0 saturated carbocycles. The molecule has 1 aliphatic carbocycles. The van der Waals surface area contributed by atoms with Gasteiger partial charge in [-0.15, -0.1) is 11.3 Å². The van der Waals surface area contributed by atoms with Crippen molar-refractivity contribution in [2.45, 2.75) is 13.3 Å². The van der Waals surface area contributed by atoms with Gasteiger partial charge in [0.15, 0.2) is 0 Å². The second kappa shape index (κ2) is 19.0. The molecule has 0 fully saturated rings. The van der Waals surface area contributed by atoms with Crippen molar-refractivity contribution in [1.82, 2.24) is 0 Å². The first-order valence-corrected chi connectivity index (χ1v) is 22.4. The van der Waals surface area contributed by atoms with Crippen LogP contribution in [0.15, 0.2) is 267 Å². The molecule has 8 aromatic rings. The van der Waals surface area contributed by atoms with Crippen LogP contribution in [0.25, 0.3) is 71.7 Å². The fourth-order valence-corrected chi connectivity index (χ4v) is 9.54. The van der Waals surface area contributed by atoms with Gasteiger partial charge in [-0.2, -0.15) is 0 Å². The summed E-state index contributed by atoms with van der Waals surface area (Å²) in [5, 5.41) is 0. The molecule has 0 spiro atoms. The zero-order valence-electron chi connectivity index (χ0n) is 35.5. The van der Waals surface area contributed by atoms with Gasteiger partial charge < -0.3 is 0 Å². The molecule has 7 aromatic carbocycles. The maximum atomic E-state index is 4.92. The van der Waals surface area contributed by atoms with Gasteiger partial charge in [-0.05, 0) is 163 Å². The van der Waals surface area contributed by atoms with E-state index in [1.165, 1.54) is 37.6 Å². The molecule has 0 atom stereocenters. The topological polar surface area (TPSA) is 0 Å². The van der Waals surface area contributed by atoms with Crippen LogP contribution in [0.2, 0.25) is 0 Å². The van der Waals surface area contributed by atoms with E-state index in [0.29, 0.717) is 0 Å². The molecule has 1 heteroatoms. The summed E-state index contributed by atoms with van der Waals surface area (Å²) in [6.45, 7) is 11.4. The van der Waals surface area contributed by atoms with Gasteiger partial charge in [0, 0.05) is 9.75 Å². The van der Waals surface area contributed by atoms with Crippen molar-refractivity contribution >= 4 is 28.1 Å². The molecule has 63 heavy (non-hydrogen) atoms. The Morgan fingerprint density at radius 3 is 1.35 bits per heavy atom. The van der Waals surface area contributed by atoms with E-state index in [2.05, 4.69) is 244 Å². The third-order valence-corrected chi connectivity index (χ3v) is 12.8. The Labute approximate surface area is 376 Å². The molecule has 1 aliphatic rings. The molecule has 9 rings (SSSR count). The average Bonchev–Trinajstić information content (AvgIpc) is 3.86. The minimum Gasteiger partial charge on any atom is -0.135 e. The molecular formula is C62H48S. The molecule has 0 nitrogen and oxygen atoms in total. The number of allylic oxidation sites excluding steroid dienone is 12. The quantitative estimate of drug-likeness (QED) is 0.108. The Morgan fingerprint density at radius 2 is 0.905 bits per heavy atom. The van der Waals surface area contributed by atoms with Crippen LogP contribution in [0, 0.1) is 0 Å². The number of benzene rings is 7. The lowest BCUT2D eigenvalue weighted by Crippen LogP contribution is -2.03. The summed E-state index contributed by atoms with van der Waals surface area (Å²) < 4.78 is 0. The predicted molar refractivity (Wildman–Crippen MR) is 274 cm³/mol. The lowest BCUT2D eigenvalue weighted by atomic mass is 9.80. The highest BCUT2D eigenvalue weighted by Crippen LogP contribution is 2.45. The van der Waals surface area contributed by atoms with E-state index < -0.39 is 0 Å². The van der Waals surface area contributed by atoms with E-state index in [9.17, 15) is 0 Å². The molecule has 302 valence electrons. The van der Waals surface area contributed by atoms with Gasteiger partial charge in [0.1, 0.15) is 0 Å². The molecule has 0 radical (unpaired) electrons. The normalized spacial score (nSPS) is 13.6. The summed E-state index contributed by atoms with van der Waals surface area (Å²) in [7, 11) is 0. The molecule has 0 amide bonds. The fraction of sp³-hybridized carbons (Fsp3) is 0.0323. The van der Waals surface area contributed by atoms with Crippen molar-refractivity contribution in [3.63, 3.8) is 0 Å². The molecule has 0 unspecified atom stereocenters. The number of hydrogen-bond acceptors (Lipinski definition) is 1. The summed E-state index contributed by atoms with van der Waals surface area (Å²) >= 11 is 1.83. The second-order valence-corrected chi connectivity index (χ2v) is 16.8. The molecule has 0 aliphatic heterocycles. The first kappa shape index (κ1) is 40.8. The van der Waals surface area contributed by atoms with Crippen molar-refractivity contribution in [1.29, 1.82) is 0 Å². The van der Waals surface area contributed by atoms with Crippen LogP contribution in [0.4, 0.5) is 0 Å². The zero-order valence-corrected chi connectivity index (χ0v) is 36.4.